The van der Waals surface area contributed by atoms with Gasteiger partial charge in [-0.1, -0.05) is 18.5 Å². The lowest BCUT2D eigenvalue weighted by atomic mass is 9.90. The standard InChI is InChI=1S/C14H19ClO2/c1-9-10(3-5-13(9)16)7-11-8-12(15)4-6-14(11)17-2/h4,6,8-10,13,16H,3,5,7H2,1-2H3. The first-order valence-electron chi connectivity index (χ1n) is 6.12. The van der Waals surface area contributed by atoms with Crippen LogP contribution in [0, 0.1) is 11.8 Å². The van der Waals surface area contributed by atoms with Gasteiger partial charge >= 0.3 is 0 Å². The zero-order chi connectivity index (χ0) is 12.4. The van der Waals surface area contributed by atoms with E-state index in [1.54, 1.807) is 7.11 Å². The summed E-state index contributed by atoms with van der Waals surface area (Å²) in [6.45, 7) is 2.12. The van der Waals surface area contributed by atoms with Crippen molar-refractivity contribution in [1.82, 2.24) is 0 Å². The Hall–Kier alpha value is -0.730. The van der Waals surface area contributed by atoms with Gasteiger partial charge in [-0.05, 0) is 54.9 Å². The number of aliphatic hydroxyl groups is 1. The highest BCUT2D eigenvalue weighted by Gasteiger charge is 2.31. The summed E-state index contributed by atoms with van der Waals surface area (Å²) in [6, 6.07) is 5.72. The van der Waals surface area contributed by atoms with Crippen LogP contribution in [0.2, 0.25) is 5.02 Å². The lowest BCUT2D eigenvalue weighted by Gasteiger charge is -2.19. The lowest BCUT2D eigenvalue weighted by molar-refractivity contribution is 0.127. The van der Waals surface area contributed by atoms with E-state index in [0.717, 1.165) is 35.6 Å². The Labute approximate surface area is 108 Å². The third-order valence-electron chi connectivity index (χ3n) is 3.91. The number of halogens is 1. The van der Waals surface area contributed by atoms with Crippen LogP contribution in [0.4, 0.5) is 0 Å². The molecule has 1 aliphatic rings. The van der Waals surface area contributed by atoms with Gasteiger partial charge < -0.3 is 9.84 Å². The third kappa shape index (κ3) is 2.75. The summed E-state index contributed by atoms with van der Waals surface area (Å²) in [4.78, 5) is 0. The maximum atomic E-state index is 9.77. The minimum absolute atomic E-state index is 0.148. The Bertz CT molecular complexity index is 392. The fourth-order valence-electron chi connectivity index (χ4n) is 2.70. The maximum Gasteiger partial charge on any atom is 0.122 e. The zero-order valence-electron chi connectivity index (χ0n) is 10.3. The van der Waals surface area contributed by atoms with Crippen LogP contribution < -0.4 is 4.74 Å². The van der Waals surface area contributed by atoms with E-state index in [4.69, 9.17) is 16.3 Å². The van der Waals surface area contributed by atoms with Gasteiger partial charge in [0, 0.05) is 5.02 Å². The number of hydrogen-bond donors (Lipinski definition) is 1. The molecular formula is C14H19ClO2. The maximum absolute atomic E-state index is 9.77. The second-order valence-corrected chi connectivity index (χ2v) is 5.36. The van der Waals surface area contributed by atoms with Crippen LogP contribution in [0.5, 0.6) is 5.75 Å². The fraction of sp³-hybridized carbons (Fsp3) is 0.571. The summed E-state index contributed by atoms with van der Waals surface area (Å²) in [5.41, 5.74) is 1.14. The van der Waals surface area contributed by atoms with Crippen LogP contribution in [-0.2, 0) is 6.42 Å². The van der Waals surface area contributed by atoms with Crippen molar-refractivity contribution in [1.29, 1.82) is 0 Å². The van der Waals surface area contributed by atoms with Crippen LogP contribution in [-0.4, -0.2) is 18.3 Å². The first kappa shape index (κ1) is 12.7. The van der Waals surface area contributed by atoms with Crippen molar-refractivity contribution in [3.63, 3.8) is 0 Å². The molecule has 94 valence electrons. The van der Waals surface area contributed by atoms with Crippen LogP contribution in [0.1, 0.15) is 25.3 Å². The molecule has 17 heavy (non-hydrogen) atoms. The molecule has 0 bridgehead atoms. The normalized spacial score (nSPS) is 28.4. The molecule has 1 saturated carbocycles. The van der Waals surface area contributed by atoms with Crippen molar-refractivity contribution >= 4 is 11.6 Å². The molecule has 0 amide bonds. The van der Waals surface area contributed by atoms with Crippen LogP contribution in [0.15, 0.2) is 18.2 Å². The van der Waals surface area contributed by atoms with Gasteiger partial charge in [0.1, 0.15) is 5.75 Å². The van der Waals surface area contributed by atoms with Gasteiger partial charge in [-0.15, -0.1) is 0 Å². The van der Waals surface area contributed by atoms with Crippen molar-refractivity contribution in [3.8, 4) is 5.75 Å². The Morgan fingerprint density at radius 1 is 1.41 bits per heavy atom. The molecule has 1 aromatic carbocycles. The summed E-state index contributed by atoms with van der Waals surface area (Å²) in [7, 11) is 1.68. The molecule has 3 heteroatoms. The van der Waals surface area contributed by atoms with Gasteiger partial charge in [-0.25, -0.2) is 0 Å². The van der Waals surface area contributed by atoms with Gasteiger partial charge in [0.2, 0.25) is 0 Å². The molecule has 1 N–H and O–H groups in total. The molecule has 0 saturated heterocycles. The summed E-state index contributed by atoms with van der Waals surface area (Å²) < 4.78 is 5.35. The van der Waals surface area contributed by atoms with E-state index in [-0.39, 0.29) is 6.10 Å². The quantitative estimate of drug-likeness (QED) is 0.897. The van der Waals surface area contributed by atoms with Gasteiger partial charge in [0.25, 0.3) is 0 Å². The molecule has 1 aliphatic carbocycles. The van der Waals surface area contributed by atoms with E-state index >= 15 is 0 Å². The number of ether oxygens (including phenoxy) is 1. The number of benzene rings is 1. The second kappa shape index (κ2) is 5.28. The zero-order valence-corrected chi connectivity index (χ0v) is 11.1. The van der Waals surface area contributed by atoms with Crippen molar-refractivity contribution < 1.29 is 9.84 Å². The van der Waals surface area contributed by atoms with Crippen molar-refractivity contribution in [3.05, 3.63) is 28.8 Å². The highest BCUT2D eigenvalue weighted by molar-refractivity contribution is 6.30. The number of aliphatic hydroxyl groups excluding tert-OH is 1. The number of hydrogen-bond acceptors (Lipinski definition) is 2. The molecule has 3 unspecified atom stereocenters. The first-order chi connectivity index (χ1) is 8.11. The molecule has 2 nitrogen and oxygen atoms in total. The fourth-order valence-corrected chi connectivity index (χ4v) is 2.90. The van der Waals surface area contributed by atoms with Crippen LogP contribution in [0.25, 0.3) is 0 Å². The summed E-state index contributed by atoms with van der Waals surface area (Å²) in [5, 5.41) is 10.5. The molecule has 1 fully saturated rings. The largest absolute Gasteiger partial charge is 0.496 e. The Morgan fingerprint density at radius 3 is 2.76 bits per heavy atom. The SMILES string of the molecule is COc1ccc(Cl)cc1CC1CCC(O)C1C. The summed E-state index contributed by atoms with van der Waals surface area (Å²) >= 11 is 6.02. The minimum Gasteiger partial charge on any atom is -0.496 e. The molecule has 0 radical (unpaired) electrons. The average molecular weight is 255 g/mol. The number of rotatable bonds is 3. The van der Waals surface area contributed by atoms with Gasteiger partial charge in [-0.3, -0.25) is 0 Å². The highest BCUT2D eigenvalue weighted by Crippen LogP contribution is 2.36. The first-order valence-corrected chi connectivity index (χ1v) is 6.50. The third-order valence-corrected chi connectivity index (χ3v) is 4.14. The smallest absolute Gasteiger partial charge is 0.122 e. The topological polar surface area (TPSA) is 29.5 Å². The van der Waals surface area contributed by atoms with Gasteiger partial charge in [0.15, 0.2) is 0 Å². The highest BCUT2D eigenvalue weighted by atomic mass is 35.5. The predicted octanol–water partition coefficient (Wildman–Crippen LogP) is 3.30. The Kier molecular flexibility index (Phi) is 3.95. The molecule has 1 aromatic rings. The van der Waals surface area contributed by atoms with E-state index in [9.17, 15) is 5.11 Å². The predicted molar refractivity (Wildman–Crippen MR) is 69.6 cm³/mol. The Morgan fingerprint density at radius 2 is 2.18 bits per heavy atom. The molecule has 0 spiro atoms. The Balaban J connectivity index is 2.15. The van der Waals surface area contributed by atoms with E-state index in [2.05, 4.69) is 6.92 Å². The molecule has 3 atom stereocenters. The average Bonchev–Trinajstić information content (AvgIpc) is 2.61. The summed E-state index contributed by atoms with van der Waals surface area (Å²) in [6.07, 6.45) is 2.78. The number of methoxy groups -OCH3 is 1. The molecule has 0 heterocycles. The van der Waals surface area contributed by atoms with Crippen molar-refractivity contribution in [2.24, 2.45) is 11.8 Å². The van der Waals surface area contributed by atoms with E-state index in [1.165, 1.54) is 0 Å². The molecular weight excluding hydrogens is 236 g/mol. The lowest BCUT2D eigenvalue weighted by Crippen LogP contribution is -2.17. The molecule has 2 rings (SSSR count). The summed E-state index contributed by atoms with van der Waals surface area (Å²) in [5.74, 6) is 1.78. The van der Waals surface area contributed by atoms with E-state index < -0.39 is 0 Å². The van der Waals surface area contributed by atoms with E-state index in [1.807, 2.05) is 18.2 Å². The molecule has 0 aliphatic heterocycles. The second-order valence-electron chi connectivity index (χ2n) is 4.92. The van der Waals surface area contributed by atoms with Gasteiger partial charge in [-0.2, -0.15) is 0 Å². The van der Waals surface area contributed by atoms with Crippen LogP contribution in [0.3, 0.4) is 0 Å². The van der Waals surface area contributed by atoms with E-state index in [0.29, 0.717) is 11.8 Å². The monoisotopic (exact) mass is 254 g/mol. The van der Waals surface area contributed by atoms with Crippen molar-refractivity contribution in [2.75, 3.05) is 7.11 Å². The van der Waals surface area contributed by atoms with Crippen LogP contribution >= 0.6 is 11.6 Å². The molecule has 0 aromatic heterocycles. The minimum atomic E-state index is -0.148. The van der Waals surface area contributed by atoms with Gasteiger partial charge in [0.05, 0.1) is 13.2 Å². The van der Waals surface area contributed by atoms with Crippen molar-refractivity contribution in [2.45, 2.75) is 32.3 Å².